The Morgan fingerprint density at radius 3 is 2.40 bits per heavy atom. The zero-order valence-electron chi connectivity index (χ0n) is 11.5. The van der Waals surface area contributed by atoms with Gasteiger partial charge in [-0.3, -0.25) is 4.79 Å². The molecule has 0 saturated heterocycles. The summed E-state index contributed by atoms with van der Waals surface area (Å²) in [4.78, 5) is 12.4. The molecule has 1 aromatic heterocycles. The molecule has 4 aliphatic rings. The topological polar surface area (TPSA) is 81.2 Å². The molecular formula is C15H21N3O2. The van der Waals surface area contributed by atoms with Crippen LogP contribution in [0.3, 0.4) is 0 Å². The molecule has 1 amide bonds. The number of carbonyl (C=O) groups excluding carboxylic acids is 1. The molecule has 4 saturated carbocycles. The first kappa shape index (κ1) is 12.4. The summed E-state index contributed by atoms with van der Waals surface area (Å²) in [7, 11) is 0. The number of hydrogen-bond acceptors (Lipinski definition) is 4. The van der Waals surface area contributed by atoms with Crippen LogP contribution in [0.4, 0.5) is 5.69 Å². The molecular weight excluding hydrogens is 254 g/mol. The van der Waals surface area contributed by atoms with Crippen molar-refractivity contribution in [2.75, 3.05) is 5.32 Å². The molecule has 4 fully saturated rings. The van der Waals surface area contributed by atoms with Crippen LogP contribution >= 0.6 is 0 Å². The maximum absolute atomic E-state index is 12.4. The number of aromatic nitrogens is 1. The van der Waals surface area contributed by atoms with Crippen molar-refractivity contribution >= 4 is 11.6 Å². The summed E-state index contributed by atoms with van der Waals surface area (Å²) in [6.07, 6.45) is 10.4. The number of nitrogens with two attached hydrogens (primary N) is 1. The first-order valence-electron chi connectivity index (χ1n) is 7.60. The first-order valence-corrected chi connectivity index (χ1v) is 7.60. The Bertz CT molecular complexity index is 476. The summed E-state index contributed by atoms with van der Waals surface area (Å²) in [5, 5.41) is 6.42. The van der Waals surface area contributed by atoms with Gasteiger partial charge in [0, 0.05) is 0 Å². The van der Waals surface area contributed by atoms with Crippen molar-refractivity contribution in [2.45, 2.75) is 44.6 Å². The zero-order chi connectivity index (χ0) is 13.7. The highest BCUT2D eigenvalue weighted by Gasteiger charge is 2.54. The number of anilines is 1. The smallest absolute Gasteiger partial charge is 0.241 e. The van der Waals surface area contributed by atoms with E-state index in [2.05, 4.69) is 10.5 Å². The van der Waals surface area contributed by atoms with E-state index >= 15 is 0 Å². The van der Waals surface area contributed by atoms with Crippen LogP contribution in [-0.2, 0) is 4.79 Å². The zero-order valence-corrected chi connectivity index (χ0v) is 11.5. The highest BCUT2D eigenvalue weighted by molar-refractivity contribution is 5.95. The number of hydrogen-bond donors (Lipinski definition) is 2. The molecule has 1 aromatic rings. The van der Waals surface area contributed by atoms with E-state index in [0.717, 1.165) is 37.0 Å². The Kier molecular flexibility index (Phi) is 2.67. The standard InChI is InChI=1S/C15H21N3O2/c16-13(14(19)18-12-7-17-20-8-12)15-4-9-1-10(5-15)3-11(2-9)6-15/h7-11,13H,1-6,16H2,(H,18,19). The average molecular weight is 275 g/mol. The van der Waals surface area contributed by atoms with Crippen LogP contribution in [0.5, 0.6) is 0 Å². The van der Waals surface area contributed by atoms with Gasteiger partial charge in [-0.25, -0.2) is 0 Å². The minimum Gasteiger partial charge on any atom is -0.363 e. The summed E-state index contributed by atoms with van der Waals surface area (Å²) in [5.74, 6) is 2.32. The van der Waals surface area contributed by atoms with Gasteiger partial charge in [-0.1, -0.05) is 5.16 Å². The third-order valence-electron chi connectivity index (χ3n) is 5.73. The van der Waals surface area contributed by atoms with E-state index in [1.54, 1.807) is 0 Å². The third-order valence-corrected chi connectivity index (χ3v) is 5.73. The van der Waals surface area contributed by atoms with Gasteiger partial charge in [-0.05, 0) is 61.7 Å². The number of nitrogens with zero attached hydrogens (tertiary/aromatic N) is 1. The molecule has 0 aliphatic heterocycles. The van der Waals surface area contributed by atoms with Gasteiger partial charge in [0.15, 0.2) is 0 Å². The van der Waals surface area contributed by atoms with Crippen molar-refractivity contribution in [1.82, 2.24) is 5.16 Å². The van der Waals surface area contributed by atoms with Crippen LogP contribution in [0, 0.1) is 23.2 Å². The van der Waals surface area contributed by atoms with E-state index in [9.17, 15) is 4.79 Å². The quantitative estimate of drug-likeness (QED) is 0.885. The monoisotopic (exact) mass is 275 g/mol. The summed E-state index contributed by atoms with van der Waals surface area (Å²) < 4.78 is 4.74. The molecule has 0 spiro atoms. The van der Waals surface area contributed by atoms with E-state index < -0.39 is 6.04 Å². The van der Waals surface area contributed by atoms with Crippen LogP contribution in [0.1, 0.15) is 38.5 Å². The molecule has 5 nitrogen and oxygen atoms in total. The van der Waals surface area contributed by atoms with E-state index in [1.807, 2.05) is 0 Å². The highest BCUT2D eigenvalue weighted by atomic mass is 16.5. The maximum atomic E-state index is 12.4. The number of rotatable bonds is 3. The fraction of sp³-hybridized carbons (Fsp3) is 0.733. The van der Waals surface area contributed by atoms with E-state index in [-0.39, 0.29) is 11.3 Å². The van der Waals surface area contributed by atoms with Gasteiger partial charge in [-0.2, -0.15) is 0 Å². The summed E-state index contributed by atoms with van der Waals surface area (Å²) in [5.41, 5.74) is 7.00. The average Bonchev–Trinajstić information content (AvgIpc) is 2.89. The lowest BCUT2D eigenvalue weighted by Gasteiger charge is -2.58. The molecule has 1 unspecified atom stereocenters. The molecule has 0 aromatic carbocycles. The minimum absolute atomic E-state index is 0.0377. The predicted molar refractivity (Wildman–Crippen MR) is 73.7 cm³/mol. The van der Waals surface area contributed by atoms with Gasteiger partial charge in [0.05, 0.1) is 12.2 Å². The van der Waals surface area contributed by atoms with Crippen LogP contribution < -0.4 is 11.1 Å². The van der Waals surface area contributed by atoms with Gasteiger partial charge < -0.3 is 15.6 Å². The van der Waals surface area contributed by atoms with Crippen molar-refractivity contribution in [3.63, 3.8) is 0 Å². The van der Waals surface area contributed by atoms with Crippen molar-refractivity contribution < 1.29 is 9.32 Å². The molecule has 3 N–H and O–H groups in total. The molecule has 5 rings (SSSR count). The summed E-state index contributed by atoms with van der Waals surface area (Å²) in [6.45, 7) is 0. The fourth-order valence-corrected chi connectivity index (χ4v) is 5.32. The lowest BCUT2D eigenvalue weighted by molar-refractivity contribution is -0.127. The summed E-state index contributed by atoms with van der Waals surface area (Å²) in [6, 6.07) is -0.411. The molecule has 5 heteroatoms. The Hall–Kier alpha value is -1.36. The van der Waals surface area contributed by atoms with Crippen molar-refractivity contribution in [1.29, 1.82) is 0 Å². The van der Waals surface area contributed by atoms with Crippen molar-refractivity contribution in [3.05, 3.63) is 12.5 Å². The molecule has 108 valence electrons. The fourth-order valence-electron chi connectivity index (χ4n) is 5.32. The van der Waals surface area contributed by atoms with Gasteiger partial charge >= 0.3 is 0 Å². The Morgan fingerprint density at radius 2 is 1.90 bits per heavy atom. The largest absolute Gasteiger partial charge is 0.363 e. The normalized spacial score (nSPS) is 39.8. The molecule has 0 radical (unpaired) electrons. The molecule has 1 atom stereocenters. The van der Waals surface area contributed by atoms with Gasteiger partial charge in [0.1, 0.15) is 12.0 Å². The lowest BCUT2D eigenvalue weighted by atomic mass is 9.47. The second-order valence-corrected chi connectivity index (χ2v) is 7.16. The number of nitrogens with one attached hydrogen (secondary N) is 1. The summed E-state index contributed by atoms with van der Waals surface area (Å²) >= 11 is 0. The van der Waals surface area contributed by atoms with E-state index in [0.29, 0.717) is 5.69 Å². The second-order valence-electron chi connectivity index (χ2n) is 7.16. The number of amides is 1. The van der Waals surface area contributed by atoms with E-state index in [1.165, 1.54) is 31.7 Å². The van der Waals surface area contributed by atoms with Gasteiger partial charge in [-0.15, -0.1) is 0 Å². The maximum Gasteiger partial charge on any atom is 0.241 e. The SMILES string of the molecule is NC(C(=O)Nc1cnoc1)C12CC3CC(CC(C3)C1)C2. The van der Waals surface area contributed by atoms with Crippen LogP contribution in [-0.4, -0.2) is 17.1 Å². The van der Waals surface area contributed by atoms with Crippen LogP contribution in [0.25, 0.3) is 0 Å². The molecule has 1 heterocycles. The van der Waals surface area contributed by atoms with Crippen molar-refractivity contribution in [2.24, 2.45) is 28.9 Å². The third kappa shape index (κ3) is 1.87. The lowest BCUT2D eigenvalue weighted by Crippen LogP contribution is -2.58. The first-order chi connectivity index (χ1) is 9.64. The van der Waals surface area contributed by atoms with Gasteiger partial charge in [0.2, 0.25) is 5.91 Å². The molecule has 4 aliphatic carbocycles. The predicted octanol–water partition coefficient (Wildman–Crippen LogP) is 2.16. The second kappa shape index (κ2) is 4.32. The Morgan fingerprint density at radius 1 is 1.30 bits per heavy atom. The van der Waals surface area contributed by atoms with Crippen LogP contribution in [0.2, 0.25) is 0 Å². The molecule has 20 heavy (non-hydrogen) atoms. The van der Waals surface area contributed by atoms with Crippen LogP contribution in [0.15, 0.2) is 17.0 Å². The van der Waals surface area contributed by atoms with E-state index in [4.69, 9.17) is 10.3 Å². The molecule has 4 bridgehead atoms. The van der Waals surface area contributed by atoms with Gasteiger partial charge in [0.25, 0.3) is 0 Å². The van der Waals surface area contributed by atoms with Crippen molar-refractivity contribution in [3.8, 4) is 0 Å². The highest BCUT2D eigenvalue weighted by Crippen LogP contribution is 2.61. The Labute approximate surface area is 118 Å². The minimum atomic E-state index is -0.411. The Balaban J connectivity index is 1.53. The number of carbonyl (C=O) groups is 1.